The Kier molecular flexibility index (Phi) is 7.26. The van der Waals surface area contributed by atoms with Gasteiger partial charge in [0, 0.05) is 25.2 Å². The third-order valence-corrected chi connectivity index (χ3v) is 6.71. The van der Waals surface area contributed by atoms with Gasteiger partial charge in [0.15, 0.2) is 0 Å². The Morgan fingerprint density at radius 3 is 2.61 bits per heavy atom. The number of hydrazine groups is 1. The molecule has 3 aliphatic rings. The van der Waals surface area contributed by atoms with Gasteiger partial charge in [0.25, 0.3) is 0 Å². The number of halogens is 3. The van der Waals surface area contributed by atoms with Crippen molar-refractivity contribution in [3.8, 4) is 0 Å². The maximum Gasteiger partial charge on any atom is 0.403 e. The van der Waals surface area contributed by atoms with Crippen LogP contribution in [0.2, 0.25) is 0 Å². The molecule has 0 aromatic heterocycles. The summed E-state index contributed by atoms with van der Waals surface area (Å²) < 4.78 is 38.9. The Bertz CT molecular complexity index is 530. The fraction of sp³-hybridized carbons (Fsp3) is 0.950. The van der Waals surface area contributed by atoms with E-state index in [4.69, 9.17) is 0 Å². The molecule has 2 saturated heterocycles. The van der Waals surface area contributed by atoms with Crippen LogP contribution in [0.25, 0.3) is 0 Å². The van der Waals surface area contributed by atoms with Gasteiger partial charge in [-0.3, -0.25) is 15.5 Å². The predicted molar refractivity (Wildman–Crippen MR) is 102 cm³/mol. The van der Waals surface area contributed by atoms with Crippen molar-refractivity contribution in [2.24, 2.45) is 11.8 Å². The summed E-state index contributed by atoms with van der Waals surface area (Å²) in [6.45, 7) is 6.55. The zero-order chi connectivity index (χ0) is 20.3. The molecule has 8 heteroatoms. The molecule has 0 aromatic carbocycles. The first-order valence-electron chi connectivity index (χ1n) is 10.9. The molecule has 1 aliphatic carbocycles. The number of rotatable bonds is 5. The van der Waals surface area contributed by atoms with Crippen LogP contribution in [-0.2, 0) is 4.79 Å². The molecular formula is C20H35F3N4O. The summed E-state index contributed by atoms with van der Waals surface area (Å²) in [5, 5.41) is 7.87. The monoisotopic (exact) mass is 404 g/mol. The molecule has 6 atom stereocenters. The first kappa shape index (κ1) is 21.8. The van der Waals surface area contributed by atoms with Crippen LogP contribution in [0, 0.1) is 11.8 Å². The normalized spacial score (nSPS) is 36.2. The standard InChI is InChI=1S/C20H35F3N4O/c1-13(12-27-10-9-14(2)26-27)15-5-3-6-16(11-15)24-19(28)17-7-4-8-18(25-17)20(21,22)23/h13-18,25-26H,3-12H2,1-2H3,(H,24,28). The van der Waals surface area contributed by atoms with E-state index in [2.05, 4.69) is 34.9 Å². The van der Waals surface area contributed by atoms with Crippen molar-refractivity contribution >= 4 is 5.91 Å². The van der Waals surface area contributed by atoms with Crippen molar-refractivity contribution in [3.63, 3.8) is 0 Å². The number of hydrogen-bond donors (Lipinski definition) is 3. The van der Waals surface area contributed by atoms with Crippen LogP contribution in [0.15, 0.2) is 0 Å². The van der Waals surface area contributed by atoms with Crippen molar-refractivity contribution in [1.29, 1.82) is 0 Å². The zero-order valence-electron chi connectivity index (χ0n) is 17.0. The number of nitrogens with zero attached hydrogens (tertiary/aromatic N) is 1. The van der Waals surface area contributed by atoms with Gasteiger partial charge >= 0.3 is 6.18 Å². The minimum atomic E-state index is -4.29. The molecule has 3 N–H and O–H groups in total. The largest absolute Gasteiger partial charge is 0.403 e. The van der Waals surface area contributed by atoms with Crippen LogP contribution in [0.4, 0.5) is 13.2 Å². The Morgan fingerprint density at radius 2 is 1.93 bits per heavy atom. The number of carbonyl (C=O) groups excluding carboxylic acids is 1. The highest BCUT2D eigenvalue weighted by Crippen LogP contribution is 2.32. The highest BCUT2D eigenvalue weighted by atomic mass is 19.4. The van der Waals surface area contributed by atoms with E-state index < -0.39 is 18.3 Å². The zero-order valence-corrected chi connectivity index (χ0v) is 17.0. The molecule has 1 saturated carbocycles. The van der Waals surface area contributed by atoms with Crippen molar-refractivity contribution in [3.05, 3.63) is 0 Å². The maximum atomic E-state index is 13.0. The van der Waals surface area contributed by atoms with Crippen LogP contribution < -0.4 is 16.1 Å². The highest BCUT2D eigenvalue weighted by Gasteiger charge is 2.43. The summed E-state index contributed by atoms with van der Waals surface area (Å²) in [4.78, 5) is 12.6. The first-order valence-corrected chi connectivity index (χ1v) is 10.9. The van der Waals surface area contributed by atoms with E-state index in [1.54, 1.807) is 0 Å². The molecular weight excluding hydrogens is 369 g/mol. The van der Waals surface area contributed by atoms with E-state index in [-0.39, 0.29) is 18.4 Å². The molecule has 28 heavy (non-hydrogen) atoms. The second-order valence-corrected chi connectivity index (χ2v) is 9.12. The summed E-state index contributed by atoms with van der Waals surface area (Å²) in [5.41, 5.74) is 3.49. The third kappa shape index (κ3) is 5.83. The molecule has 3 fully saturated rings. The molecule has 5 nitrogen and oxygen atoms in total. The number of hydrogen-bond acceptors (Lipinski definition) is 4. The first-order chi connectivity index (χ1) is 13.2. The number of amides is 1. The van der Waals surface area contributed by atoms with Gasteiger partial charge in [-0.1, -0.05) is 13.3 Å². The second-order valence-electron chi connectivity index (χ2n) is 9.12. The number of carbonyl (C=O) groups is 1. The van der Waals surface area contributed by atoms with E-state index >= 15 is 0 Å². The second kappa shape index (κ2) is 9.30. The number of piperidine rings is 1. The van der Waals surface area contributed by atoms with E-state index in [0.29, 0.717) is 30.7 Å². The van der Waals surface area contributed by atoms with Gasteiger partial charge in [-0.2, -0.15) is 13.2 Å². The number of nitrogens with one attached hydrogen (secondary N) is 3. The molecule has 3 rings (SSSR count). The predicted octanol–water partition coefficient (Wildman–Crippen LogP) is 2.97. The SMILES string of the molecule is CC1CCN(CC(C)C2CCCC(NC(=O)C3CCCC(C(F)(F)F)N3)C2)N1. The van der Waals surface area contributed by atoms with Gasteiger partial charge in [-0.15, -0.1) is 0 Å². The van der Waals surface area contributed by atoms with Crippen LogP contribution >= 0.6 is 0 Å². The Morgan fingerprint density at radius 1 is 1.18 bits per heavy atom. The van der Waals surface area contributed by atoms with Crippen LogP contribution in [-0.4, -0.2) is 54.3 Å². The lowest BCUT2D eigenvalue weighted by Gasteiger charge is -2.36. The lowest BCUT2D eigenvalue weighted by molar-refractivity contribution is -0.164. The quantitative estimate of drug-likeness (QED) is 0.660. The Labute approximate surface area is 166 Å². The summed E-state index contributed by atoms with van der Waals surface area (Å²) in [5.74, 6) is 0.807. The van der Waals surface area contributed by atoms with Gasteiger partial charge in [-0.05, 0) is 63.7 Å². The van der Waals surface area contributed by atoms with Gasteiger partial charge in [-0.25, -0.2) is 5.01 Å². The fourth-order valence-electron chi connectivity index (χ4n) is 5.01. The summed E-state index contributed by atoms with van der Waals surface area (Å²) in [6, 6.07) is -1.68. The minimum Gasteiger partial charge on any atom is -0.352 e. The lowest BCUT2D eigenvalue weighted by atomic mass is 9.78. The van der Waals surface area contributed by atoms with Crippen LogP contribution in [0.5, 0.6) is 0 Å². The molecule has 1 amide bonds. The fourth-order valence-corrected chi connectivity index (χ4v) is 5.01. The molecule has 6 unspecified atom stereocenters. The van der Waals surface area contributed by atoms with E-state index in [1.807, 2.05) is 0 Å². The van der Waals surface area contributed by atoms with Crippen molar-refractivity contribution < 1.29 is 18.0 Å². The topological polar surface area (TPSA) is 56.4 Å². The van der Waals surface area contributed by atoms with Gasteiger partial charge in [0.05, 0.1) is 6.04 Å². The number of alkyl halides is 3. The van der Waals surface area contributed by atoms with Crippen LogP contribution in [0.1, 0.15) is 65.2 Å². The van der Waals surface area contributed by atoms with E-state index in [0.717, 1.165) is 38.8 Å². The highest BCUT2D eigenvalue weighted by molar-refractivity contribution is 5.82. The van der Waals surface area contributed by atoms with Gasteiger partial charge < -0.3 is 5.32 Å². The molecule has 0 spiro atoms. The molecule has 0 aromatic rings. The minimum absolute atomic E-state index is 0.0550. The van der Waals surface area contributed by atoms with Crippen LogP contribution in [0.3, 0.4) is 0 Å². The van der Waals surface area contributed by atoms with E-state index in [9.17, 15) is 18.0 Å². The molecule has 0 bridgehead atoms. The van der Waals surface area contributed by atoms with E-state index in [1.165, 1.54) is 6.42 Å². The summed E-state index contributed by atoms with van der Waals surface area (Å²) >= 11 is 0. The van der Waals surface area contributed by atoms with Gasteiger partial charge in [0.1, 0.15) is 6.04 Å². The average Bonchev–Trinajstić information content (AvgIpc) is 3.06. The van der Waals surface area contributed by atoms with Crippen molar-refractivity contribution in [2.75, 3.05) is 13.1 Å². The average molecular weight is 405 g/mol. The Hall–Kier alpha value is -0.860. The summed E-state index contributed by atoms with van der Waals surface area (Å²) in [6.07, 6.45) is 1.91. The maximum absolute atomic E-state index is 13.0. The third-order valence-electron chi connectivity index (χ3n) is 6.71. The smallest absolute Gasteiger partial charge is 0.352 e. The molecule has 2 aliphatic heterocycles. The summed E-state index contributed by atoms with van der Waals surface area (Å²) in [7, 11) is 0. The van der Waals surface area contributed by atoms with Gasteiger partial charge in [0.2, 0.25) is 5.91 Å². The molecule has 0 radical (unpaired) electrons. The molecule has 2 heterocycles. The molecule has 162 valence electrons. The lowest BCUT2D eigenvalue weighted by Crippen LogP contribution is -2.57. The Balaban J connectivity index is 1.47. The van der Waals surface area contributed by atoms with Crippen molar-refractivity contribution in [2.45, 2.75) is 95.6 Å². The van der Waals surface area contributed by atoms with Crippen molar-refractivity contribution in [1.82, 2.24) is 21.1 Å².